The molecule has 0 aromatic heterocycles. The zero-order chi connectivity index (χ0) is 18.4. The number of hydrogen-bond acceptors (Lipinski definition) is 4. The highest BCUT2D eigenvalue weighted by molar-refractivity contribution is 5.74. The van der Waals surface area contributed by atoms with Gasteiger partial charge >= 0.3 is 12.2 Å². The van der Waals surface area contributed by atoms with Gasteiger partial charge < -0.3 is 9.47 Å². The Labute approximate surface area is 148 Å². The summed E-state index contributed by atoms with van der Waals surface area (Å²) in [5, 5.41) is 1.25. The van der Waals surface area contributed by atoms with Crippen LogP contribution < -0.4 is 5.43 Å². The molecule has 2 atom stereocenters. The fourth-order valence-corrected chi connectivity index (χ4v) is 2.78. The lowest BCUT2D eigenvalue weighted by molar-refractivity contribution is 0.0305. The molecule has 0 heterocycles. The van der Waals surface area contributed by atoms with E-state index in [1.54, 1.807) is 27.7 Å². The minimum atomic E-state index is -0.672. The summed E-state index contributed by atoms with van der Waals surface area (Å²) in [6.07, 6.45) is 2.84. The molecule has 1 aromatic rings. The molecule has 25 heavy (non-hydrogen) atoms. The maximum Gasteiger partial charge on any atom is 0.429 e. The molecular weight excluding hydrogens is 320 g/mol. The van der Waals surface area contributed by atoms with Gasteiger partial charge in [0, 0.05) is 5.92 Å². The Morgan fingerprint density at radius 1 is 1.08 bits per heavy atom. The lowest BCUT2D eigenvalue weighted by atomic mass is 9.94. The lowest BCUT2D eigenvalue weighted by Gasteiger charge is -2.32. The third-order valence-corrected chi connectivity index (χ3v) is 3.74. The Morgan fingerprint density at radius 3 is 2.32 bits per heavy atom. The van der Waals surface area contributed by atoms with E-state index in [2.05, 4.69) is 5.43 Å². The Hall–Kier alpha value is -2.50. The van der Waals surface area contributed by atoms with Crippen molar-refractivity contribution >= 4 is 12.2 Å². The maximum atomic E-state index is 12.5. The molecule has 6 nitrogen and oxygen atoms in total. The minimum absolute atomic E-state index is 0.0275. The molecule has 0 spiro atoms. The molecule has 6 heteroatoms. The monoisotopic (exact) mass is 346 g/mol. The molecule has 1 aliphatic carbocycles. The number of amides is 2. The van der Waals surface area contributed by atoms with E-state index in [-0.39, 0.29) is 24.2 Å². The summed E-state index contributed by atoms with van der Waals surface area (Å²) in [4.78, 5) is 24.6. The second kappa shape index (κ2) is 8.55. The first-order valence-electron chi connectivity index (χ1n) is 8.57. The van der Waals surface area contributed by atoms with Crippen LogP contribution in [0.5, 0.6) is 0 Å². The van der Waals surface area contributed by atoms with Gasteiger partial charge in [0.1, 0.15) is 0 Å². The van der Waals surface area contributed by atoms with Gasteiger partial charge in [-0.05, 0) is 39.7 Å². The van der Waals surface area contributed by atoms with Crippen LogP contribution in [0, 0.1) is 0 Å². The Balaban J connectivity index is 2.21. The zero-order valence-electron chi connectivity index (χ0n) is 15.1. The summed E-state index contributed by atoms with van der Waals surface area (Å²) in [7, 11) is 0. The van der Waals surface area contributed by atoms with Gasteiger partial charge in [0.2, 0.25) is 0 Å². The highest BCUT2D eigenvalue weighted by Crippen LogP contribution is 2.32. The minimum Gasteiger partial charge on any atom is -0.446 e. The third-order valence-electron chi connectivity index (χ3n) is 3.74. The second-order valence-electron chi connectivity index (χ2n) is 6.54. The number of nitrogens with zero attached hydrogens (tertiary/aromatic N) is 1. The fraction of sp³-hybridized carbons (Fsp3) is 0.474. The van der Waals surface area contributed by atoms with Crippen molar-refractivity contribution in [3.05, 3.63) is 48.0 Å². The smallest absolute Gasteiger partial charge is 0.429 e. The summed E-state index contributed by atoms with van der Waals surface area (Å²) in [6.45, 7) is 7.04. The van der Waals surface area contributed by atoms with Crippen LogP contribution in [0.4, 0.5) is 9.59 Å². The van der Waals surface area contributed by atoms with Crippen molar-refractivity contribution in [1.82, 2.24) is 10.4 Å². The second-order valence-corrected chi connectivity index (χ2v) is 6.54. The van der Waals surface area contributed by atoms with Crippen molar-refractivity contribution in [2.45, 2.75) is 58.3 Å². The predicted octanol–water partition coefficient (Wildman–Crippen LogP) is 4.00. The molecule has 0 unspecified atom stereocenters. The number of nitrogens with one attached hydrogen (secondary N) is 1. The highest BCUT2D eigenvalue weighted by atomic mass is 16.6. The molecule has 0 saturated carbocycles. The van der Waals surface area contributed by atoms with E-state index < -0.39 is 12.2 Å². The molecule has 0 saturated heterocycles. The molecule has 1 aliphatic rings. The van der Waals surface area contributed by atoms with E-state index in [0.717, 1.165) is 5.56 Å². The summed E-state index contributed by atoms with van der Waals surface area (Å²) in [6, 6.07) is 9.59. The van der Waals surface area contributed by atoms with E-state index in [0.29, 0.717) is 6.42 Å². The van der Waals surface area contributed by atoms with Crippen molar-refractivity contribution in [2.75, 3.05) is 0 Å². The van der Waals surface area contributed by atoms with Crippen molar-refractivity contribution < 1.29 is 19.1 Å². The number of hydrazine groups is 1. The van der Waals surface area contributed by atoms with Crippen molar-refractivity contribution in [3.63, 3.8) is 0 Å². The van der Waals surface area contributed by atoms with E-state index >= 15 is 0 Å². The topological polar surface area (TPSA) is 67.9 Å². The van der Waals surface area contributed by atoms with Crippen LogP contribution in [0.3, 0.4) is 0 Å². The molecule has 0 aliphatic heterocycles. The Bertz CT molecular complexity index is 613. The molecule has 1 N–H and O–H groups in total. The first-order chi connectivity index (χ1) is 11.9. The normalized spacial score (nSPS) is 19.1. The van der Waals surface area contributed by atoms with E-state index in [4.69, 9.17) is 9.47 Å². The van der Waals surface area contributed by atoms with Gasteiger partial charge in [-0.15, -0.1) is 0 Å². The van der Waals surface area contributed by atoms with Gasteiger partial charge in [-0.2, -0.15) is 0 Å². The number of carbonyl (C=O) groups is 2. The molecule has 1 aromatic carbocycles. The Kier molecular flexibility index (Phi) is 6.44. The molecule has 2 amide bonds. The van der Waals surface area contributed by atoms with E-state index in [9.17, 15) is 9.59 Å². The SMILES string of the molecule is CC(C)OC(=O)NN(C(=O)OC(C)C)[C@H]1CC=C[C@@H]1c1ccccc1. The van der Waals surface area contributed by atoms with Crippen molar-refractivity contribution in [3.8, 4) is 0 Å². The summed E-state index contributed by atoms with van der Waals surface area (Å²) < 4.78 is 10.4. The average molecular weight is 346 g/mol. The molecule has 2 rings (SSSR count). The molecule has 0 fully saturated rings. The molecule has 136 valence electrons. The van der Waals surface area contributed by atoms with Gasteiger partial charge in [-0.1, -0.05) is 42.5 Å². The summed E-state index contributed by atoms with van der Waals surface area (Å²) >= 11 is 0. The van der Waals surface area contributed by atoms with Gasteiger partial charge in [0.25, 0.3) is 0 Å². The highest BCUT2D eigenvalue weighted by Gasteiger charge is 2.35. The third kappa shape index (κ3) is 5.24. The first-order valence-corrected chi connectivity index (χ1v) is 8.57. The zero-order valence-corrected chi connectivity index (χ0v) is 15.1. The molecule has 0 radical (unpaired) electrons. The van der Waals surface area contributed by atoms with Crippen molar-refractivity contribution in [1.29, 1.82) is 0 Å². The van der Waals surface area contributed by atoms with Gasteiger partial charge in [0.05, 0.1) is 18.2 Å². The van der Waals surface area contributed by atoms with E-state index in [1.807, 2.05) is 42.5 Å². The van der Waals surface area contributed by atoms with Gasteiger partial charge in [0.15, 0.2) is 0 Å². The predicted molar refractivity (Wildman–Crippen MR) is 94.9 cm³/mol. The number of rotatable bonds is 4. The average Bonchev–Trinajstić information content (AvgIpc) is 3.01. The standard InChI is InChI=1S/C19H26N2O4/c1-13(2)24-18(22)20-21(19(23)25-14(3)4)17-12-8-11-16(17)15-9-6-5-7-10-15/h5-11,13-14,16-17H,12H2,1-4H3,(H,20,22)/t16-,17+/m1/s1. The number of hydrogen-bond donors (Lipinski definition) is 1. The van der Waals surface area contributed by atoms with Crippen LogP contribution in [-0.4, -0.2) is 35.4 Å². The van der Waals surface area contributed by atoms with Crippen LogP contribution in [0.2, 0.25) is 0 Å². The van der Waals surface area contributed by atoms with Crippen LogP contribution >= 0.6 is 0 Å². The maximum absolute atomic E-state index is 12.5. The molecular formula is C19H26N2O4. The lowest BCUT2D eigenvalue weighted by Crippen LogP contribution is -2.53. The van der Waals surface area contributed by atoms with Crippen molar-refractivity contribution in [2.24, 2.45) is 0 Å². The van der Waals surface area contributed by atoms with Crippen LogP contribution in [0.25, 0.3) is 0 Å². The molecule has 0 bridgehead atoms. The fourth-order valence-electron chi connectivity index (χ4n) is 2.78. The van der Waals surface area contributed by atoms with Gasteiger partial charge in [-0.3, -0.25) is 0 Å². The van der Waals surface area contributed by atoms with Gasteiger partial charge in [-0.25, -0.2) is 20.0 Å². The van der Waals surface area contributed by atoms with Crippen LogP contribution in [-0.2, 0) is 9.47 Å². The largest absolute Gasteiger partial charge is 0.446 e. The quantitative estimate of drug-likeness (QED) is 0.661. The van der Waals surface area contributed by atoms with Crippen LogP contribution in [0.1, 0.15) is 45.6 Å². The number of ether oxygens (including phenoxy) is 2. The van der Waals surface area contributed by atoms with Crippen LogP contribution in [0.15, 0.2) is 42.5 Å². The number of benzene rings is 1. The summed E-state index contributed by atoms with van der Waals surface area (Å²) in [5.74, 6) is -0.0275. The first kappa shape index (κ1) is 18.8. The Morgan fingerprint density at radius 2 is 1.72 bits per heavy atom. The number of carbonyl (C=O) groups excluding carboxylic acids is 2. The summed E-state index contributed by atoms with van der Waals surface area (Å²) in [5.41, 5.74) is 3.62. The van der Waals surface area contributed by atoms with E-state index in [1.165, 1.54) is 5.01 Å².